The van der Waals surface area contributed by atoms with E-state index in [0.29, 0.717) is 0 Å². The molecule has 86 valence electrons. The van der Waals surface area contributed by atoms with Crippen molar-refractivity contribution in [3.8, 4) is 9.88 Å². The van der Waals surface area contributed by atoms with E-state index >= 15 is 0 Å². The Kier molecular flexibility index (Phi) is 3.59. The fourth-order valence-corrected chi connectivity index (χ4v) is 3.59. The number of hydrogen-bond donors (Lipinski definition) is 1. The van der Waals surface area contributed by atoms with Crippen molar-refractivity contribution in [3.05, 3.63) is 21.0 Å². The van der Waals surface area contributed by atoms with Crippen LogP contribution in [0.3, 0.4) is 0 Å². The summed E-state index contributed by atoms with van der Waals surface area (Å²) >= 11 is 9.31. The standard InChI is InChI=1S/C10H12ClN3S2/c1-3-6(12)9-13-14-10(16-9)8-7(11)5(2)4-15-8/h4,6H,3,12H2,1-2H3. The molecule has 2 rings (SSSR count). The second kappa shape index (κ2) is 4.79. The number of thiophene rings is 1. The first-order valence-corrected chi connectivity index (χ1v) is 7.03. The van der Waals surface area contributed by atoms with E-state index in [1.807, 2.05) is 19.2 Å². The Balaban J connectivity index is 2.35. The van der Waals surface area contributed by atoms with E-state index in [4.69, 9.17) is 17.3 Å². The van der Waals surface area contributed by atoms with E-state index in [2.05, 4.69) is 10.2 Å². The van der Waals surface area contributed by atoms with E-state index in [0.717, 1.165) is 31.9 Å². The maximum Gasteiger partial charge on any atom is 0.159 e. The van der Waals surface area contributed by atoms with Crippen LogP contribution in [0.25, 0.3) is 9.88 Å². The van der Waals surface area contributed by atoms with Gasteiger partial charge in [0.2, 0.25) is 0 Å². The molecule has 0 spiro atoms. The third kappa shape index (κ3) is 2.13. The minimum Gasteiger partial charge on any atom is -0.322 e. The third-order valence-electron chi connectivity index (χ3n) is 2.29. The van der Waals surface area contributed by atoms with Crippen molar-refractivity contribution >= 4 is 34.3 Å². The molecule has 0 aromatic carbocycles. The highest BCUT2D eigenvalue weighted by Crippen LogP contribution is 2.38. The third-order valence-corrected chi connectivity index (χ3v) is 5.20. The molecule has 0 saturated heterocycles. The van der Waals surface area contributed by atoms with E-state index in [-0.39, 0.29) is 6.04 Å². The fourth-order valence-electron chi connectivity index (χ4n) is 1.22. The molecular formula is C10H12ClN3S2. The van der Waals surface area contributed by atoms with E-state index < -0.39 is 0 Å². The Bertz CT molecular complexity index is 492. The molecule has 2 N–H and O–H groups in total. The Labute approximate surface area is 107 Å². The molecule has 0 bridgehead atoms. The number of hydrogen-bond acceptors (Lipinski definition) is 5. The van der Waals surface area contributed by atoms with Crippen LogP contribution >= 0.6 is 34.3 Å². The van der Waals surface area contributed by atoms with Crippen molar-refractivity contribution < 1.29 is 0 Å². The Morgan fingerprint density at radius 1 is 1.50 bits per heavy atom. The molecule has 6 heteroatoms. The number of halogens is 1. The number of aromatic nitrogens is 2. The summed E-state index contributed by atoms with van der Waals surface area (Å²) in [5.41, 5.74) is 6.99. The minimum absolute atomic E-state index is 0.0221. The van der Waals surface area contributed by atoms with Gasteiger partial charge in [-0.3, -0.25) is 0 Å². The summed E-state index contributed by atoms with van der Waals surface area (Å²) in [7, 11) is 0. The molecule has 2 aromatic rings. The van der Waals surface area contributed by atoms with E-state index in [1.54, 1.807) is 11.3 Å². The Morgan fingerprint density at radius 3 is 2.81 bits per heavy atom. The lowest BCUT2D eigenvalue weighted by molar-refractivity contribution is 0.683. The lowest BCUT2D eigenvalue weighted by atomic mass is 10.3. The van der Waals surface area contributed by atoms with Gasteiger partial charge in [0.15, 0.2) is 5.01 Å². The second-order valence-corrected chi connectivity index (χ2v) is 5.79. The maximum atomic E-state index is 6.18. The molecular weight excluding hydrogens is 262 g/mol. The Morgan fingerprint density at radius 2 is 2.25 bits per heavy atom. The van der Waals surface area contributed by atoms with Crippen molar-refractivity contribution in [3.63, 3.8) is 0 Å². The zero-order valence-corrected chi connectivity index (χ0v) is 11.4. The van der Waals surface area contributed by atoms with Crippen LogP contribution in [-0.2, 0) is 0 Å². The summed E-state index contributed by atoms with van der Waals surface area (Å²) in [6.07, 6.45) is 0.867. The molecule has 1 atom stereocenters. The van der Waals surface area contributed by atoms with Crippen molar-refractivity contribution in [2.24, 2.45) is 5.73 Å². The zero-order valence-electron chi connectivity index (χ0n) is 9.03. The molecule has 0 fully saturated rings. The van der Waals surface area contributed by atoms with Gasteiger partial charge in [-0.15, -0.1) is 21.5 Å². The molecule has 0 aliphatic heterocycles. The van der Waals surface area contributed by atoms with Gasteiger partial charge >= 0.3 is 0 Å². The van der Waals surface area contributed by atoms with Crippen molar-refractivity contribution in [1.82, 2.24) is 10.2 Å². The van der Waals surface area contributed by atoms with Gasteiger partial charge in [0.25, 0.3) is 0 Å². The molecule has 0 saturated carbocycles. The highest BCUT2D eigenvalue weighted by Gasteiger charge is 2.16. The molecule has 2 aromatic heterocycles. The first kappa shape index (κ1) is 12.0. The Hall–Kier alpha value is -0.490. The van der Waals surface area contributed by atoms with Gasteiger partial charge in [0, 0.05) is 0 Å². The molecule has 1 unspecified atom stereocenters. The summed E-state index contributed by atoms with van der Waals surface area (Å²) in [6, 6.07) is -0.0221. The summed E-state index contributed by atoms with van der Waals surface area (Å²) < 4.78 is 0. The number of rotatable bonds is 3. The van der Waals surface area contributed by atoms with Crippen LogP contribution in [0.4, 0.5) is 0 Å². The average Bonchev–Trinajstić information content (AvgIpc) is 2.87. The molecule has 0 amide bonds. The van der Waals surface area contributed by atoms with Gasteiger partial charge in [-0.25, -0.2) is 0 Å². The summed E-state index contributed by atoms with van der Waals surface area (Å²) in [4.78, 5) is 0.992. The van der Waals surface area contributed by atoms with Crippen molar-refractivity contribution in [1.29, 1.82) is 0 Å². The van der Waals surface area contributed by atoms with Crippen LogP contribution in [0.2, 0.25) is 5.02 Å². The van der Waals surface area contributed by atoms with Crippen LogP contribution < -0.4 is 5.73 Å². The topological polar surface area (TPSA) is 51.8 Å². The quantitative estimate of drug-likeness (QED) is 0.929. The normalized spacial score (nSPS) is 13.0. The SMILES string of the molecule is CCC(N)c1nnc(-c2scc(C)c2Cl)s1. The smallest absolute Gasteiger partial charge is 0.159 e. The van der Waals surface area contributed by atoms with Crippen LogP contribution in [0.15, 0.2) is 5.38 Å². The lowest BCUT2D eigenvalue weighted by Gasteiger charge is -2.00. The van der Waals surface area contributed by atoms with Gasteiger partial charge in [0.1, 0.15) is 5.01 Å². The van der Waals surface area contributed by atoms with Gasteiger partial charge in [-0.2, -0.15) is 0 Å². The predicted octanol–water partition coefficient (Wildman–Crippen LogP) is 3.64. The number of aryl methyl sites for hydroxylation is 1. The van der Waals surface area contributed by atoms with Gasteiger partial charge in [0.05, 0.1) is 15.9 Å². The maximum absolute atomic E-state index is 6.18. The van der Waals surface area contributed by atoms with Crippen molar-refractivity contribution in [2.45, 2.75) is 26.3 Å². The largest absolute Gasteiger partial charge is 0.322 e. The molecule has 0 radical (unpaired) electrons. The van der Waals surface area contributed by atoms with Gasteiger partial charge in [-0.05, 0) is 24.3 Å². The summed E-state index contributed by atoms with van der Waals surface area (Å²) in [6.45, 7) is 4.02. The van der Waals surface area contributed by atoms with Crippen LogP contribution in [0.1, 0.15) is 30.0 Å². The highest BCUT2D eigenvalue weighted by atomic mass is 35.5. The second-order valence-electron chi connectivity index (χ2n) is 3.52. The molecule has 2 heterocycles. The van der Waals surface area contributed by atoms with Crippen LogP contribution in [0.5, 0.6) is 0 Å². The minimum atomic E-state index is -0.0221. The highest BCUT2D eigenvalue weighted by molar-refractivity contribution is 7.21. The first-order chi connectivity index (χ1) is 7.63. The fraction of sp³-hybridized carbons (Fsp3) is 0.400. The number of nitrogens with zero attached hydrogens (tertiary/aromatic N) is 2. The van der Waals surface area contributed by atoms with E-state index in [9.17, 15) is 0 Å². The molecule has 0 aliphatic carbocycles. The van der Waals surface area contributed by atoms with Crippen molar-refractivity contribution in [2.75, 3.05) is 0 Å². The molecule has 0 aliphatic rings. The predicted molar refractivity (Wildman–Crippen MR) is 70.2 cm³/mol. The first-order valence-electron chi connectivity index (χ1n) is 4.96. The monoisotopic (exact) mass is 273 g/mol. The molecule has 16 heavy (non-hydrogen) atoms. The van der Waals surface area contributed by atoms with Crippen LogP contribution in [-0.4, -0.2) is 10.2 Å². The summed E-state index contributed by atoms with van der Waals surface area (Å²) in [5.74, 6) is 0. The average molecular weight is 274 g/mol. The van der Waals surface area contributed by atoms with Crippen LogP contribution in [0, 0.1) is 6.92 Å². The van der Waals surface area contributed by atoms with E-state index in [1.165, 1.54) is 11.3 Å². The van der Waals surface area contributed by atoms with Gasteiger partial charge in [-0.1, -0.05) is 29.9 Å². The lowest BCUT2D eigenvalue weighted by Crippen LogP contribution is -2.07. The number of nitrogens with two attached hydrogens (primary N) is 1. The zero-order chi connectivity index (χ0) is 11.7. The molecule has 3 nitrogen and oxygen atoms in total. The van der Waals surface area contributed by atoms with Gasteiger partial charge < -0.3 is 5.73 Å². The summed E-state index contributed by atoms with van der Waals surface area (Å²) in [5, 5.41) is 12.8.